The van der Waals surface area contributed by atoms with E-state index >= 15 is 0 Å². The molecule has 0 aliphatic rings. The highest BCUT2D eigenvalue weighted by Gasteiger charge is 2.09. The van der Waals surface area contributed by atoms with E-state index < -0.39 is 0 Å². The van der Waals surface area contributed by atoms with Gasteiger partial charge >= 0.3 is 0 Å². The van der Waals surface area contributed by atoms with E-state index in [9.17, 15) is 0 Å². The summed E-state index contributed by atoms with van der Waals surface area (Å²) in [5.74, 6) is 0.536. The van der Waals surface area contributed by atoms with Crippen LogP contribution in [-0.4, -0.2) is 4.98 Å². The van der Waals surface area contributed by atoms with Crippen LogP contribution in [0.25, 0.3) is 0 Å². The molecule has 0 bridgehead atoms. The summed E-state index contributed by atoms with van der Waals surface area (Å²) in [6.07, 6.45) is 0. The van der Waals surface area contributed by atoms with Crippen LogP contribution in [0.5, 0.6) is 0 Å². The molecule has 0 amide bonds. The second-order valence-corrected chi connectivity index (χ2v) is 4.98. The second-order valence-electron chi connectivity index (χ2n) is 3.37. The van der Waals surface area contributed by atoms with Gasteiger partial charge in [0.2, 0.25) is 0 Å². The molecule has 6 heteroatoms. The Bertz CT molecular complexity index is 638. The summed E-state index contributed by atoms with van der Waals surface area (Å²) in [7, 11) is 0. The minimum absolute atomic E-state index is 0.333. The third-order valence-electron chi connectivity index (χ3n) is 2.16. The fraction of sp³-hybridized carbons (Fsp3) is 0. The van der Waals surface area contributed by atoms with E-state index in [0.717, 1.165) is 4.47 Å². The molecule has 18 heavy (non-hydrogen) atoms. The number of nitrogens with one attached hydrogen (secondary N) is 1. The van der Waals surface area contributed by atoms with E-state index in [1.54, 1.807) is 30.3 Å². The summed E-state index contributed by atoms with van der Waals surface area (Å²) in [5, 5.41) is 12.6. The highest BCUT2D eigenvalue weighted by Crippen LogP contribution is 2.36. The highest BCUT2D eigenvalue weighted by molar-refractivity contribution is 9.10. The fourth-order valence-corrected chi connectivity index (χ4v) is 2.15. The van der Waals surface area contributed by atoms with Crippen molar-refractivity contribution in [2.45, 2.75) is 0 Å². The molecule has 1 aromatic heterocycles. The third-order valence-corrected chi connectivity index (χ3v) is 3.93. The summed E-state index contributed by atoms with van der Waals surface area (Å²) in [6, 6.07) is 10.6. The standard InChI is InChI=1S/C12H6BrCl2N3/c13-8-4-5-9(12(15)11(8)14)18-10-3-1-2-7(6-16)17-10/h1-5H,(H,17,18). The van der Waals surface area contributed by atoms with E-state index in [-0.39, 0.29) is 0 Å². The summed E-state index contributed by atoms with van der Waals surface area (Å²) in [4.78, 5) is 4.09. The molecular weight excluding hydrogens is 337 g/mol. The topological polar surface area (TPSA) is 48.7 Å². The van der Waals surface area contributed by atoms with Crippen molar-refractivity contribution < 1.29 is 0 Å². The fourth-order valence-electron chi connectivity index (χ4n) is 1.33. The van der Waals surface area contributed by atoms with Crippen molar-refractivity contribution >= 4 is 50.6 Å². The molecule has 1 heterocycles. The van der Waals surface area contributed by atoms with Crippen molar-refractivity contribution in [3.05, 3.63) is 50.5 Å². The first-order valence-corrected chi connectivity index (χ1v) is 6.44. The van der Waals surface area contributed by atoms with Crippen LogP contribution in [0.4, 0.5) is 11.5 Å². The molecule has 1 aromatic carbocycles. The summed E-state index contributed by atoms with van der Waals surface area (Å²) < 4.78 is 0.721. The summed E-state index contributed by atoms with van der Waals surface area (Å²) in [6.45, 7) is 0. The first-order valence-electron chi connectivity index (χ1n) is 4.89. The molecule has 2 aromatic rings. The van der Waals surface area contributed by atoms with Gasteiger partial charge in [-0.25, -0.2) is 4.98 Å². The largest absolute Gasteiger partial charge is 0.339 e. The van der Waals surface area contributed by atoms with Crippen LogP contribution in [0.2, 0.25) is 10.0 Å². The van der Waals surface area contributed by atoms with Gasteiger partial charge in [0.05, 0.1) is 15.7 Å². The second kappa shape index (κ2) is 5.57. The smallest absolute Gasteiger partial charge is 0.142 e. The molecule has 0 spiro atoms. The molecular formula is C12H6BrCl2N3. The Morgan fingerprint density at radius 3 is 2.67 bits per heavy atom. The summed E-state index contributed by atoms with van der Waals surface area (Å²) in [5.41, 5.74) is 0.965. The normalized spacial score (nSPS) is 9.89. The van der Waals surface area contributed by atoms with Gasteiger partial charge in [-0.15, -0.1) is 0 Å². The average Bonchev–Trinajstić information content (AvgIpc) is 2.40. The van der Waals surface area contributed by atoms with E-state index in [4.69, 9.17) is 28.5 Å². The van der Waals surface area contributed by atoms with Crippen molar-refractivity contribution in [2.24, 2.45) is 0 Å². The van der Waals surface area contributed by atoms with E-state index in [0.29, 0.717) is 27.2 Å². The van der Waals surface area contributed by atoms with Gasteiger partial charge in [-0.3, -0.25) is 0 Å². The van der Waals surface area contributed by atoms with Crippen LogP contribution in [0.15, 0.2) is 34.8 Å². The SMILES string of the molecule is N#Cc1cccc(Nc2ccc(Br)c(Cl)c2Cl)n1. The van der Waals surface area contributed by atoms with Gasteiger partial charge < -0.3 is 5.32 Å². The molecule has 0 fully saturated rings. The van der Waals surface area contributed by atoms with Crippen molar-refractivity contribution in [3.63, 3.8) is 0 Å². The number of benzene rings is 1. The molecule has 0 saturated carbocycles. The molecule has 2 rings (SSSR count). The van der Waals surface area contributed by atoms with Crippen LogP contribution in [0.3, 0.4) is 0 Å². The number of hydrogen-bond donors (Lipinski definition) is 1. The maximum atomic E-state index is 8.77. The van der Waals surface area contributed by atoms with Gasteiger partial charge in [-0.05, 0) is 40.2 Å². The van der Waals surface area contributed by atoms with Gasteiger partial charge in [-0.1, -0.05) is 29.3 Å². The molecule has 3 nitrogen and oxygen atoms in total. The average molecular weight is 343 g/mol. The number of pyridine rings is 1. The van der Waals surface area contributed by atoms with Crippen molar-refractivity contribution in [1.29, 1.82) is 5.26 Å². The monoisotopic (exact) mass is 341 g/mol. The minimum Gasteiger partial charge on any atom is -0.339 e. The number of nitrogens with zero attached hydrogens (tertiary/aromatic N) is 2. The quantitative estimate of drug-likeness (QED) is 0.800. The Balaban J connectivity index is 2.35. The summed E-state index contributed by atoms with van der Waals surface area (Å²) >= 11 is 15.4. The van der Waals surface area contributed by atoms with Crippen molar-refractivity contribution in [3.8, 4) is 6.07 Å². The zero-order valence-corrected chi connectivity index (χ0v) is 12.0. The van der Waals surface area contributed by atoms with Crippen LogP contribution in [0, 0.1) is 11.3 Å². The van der Waals surface area contributed by atoms with Crippen LogP contribution >= 0.6 is 39.1 Å². The van der Waals surface area contributed by atoms with Gasteiger partial charge in [0.25, 0.3) is 0 Å². The molecule has 0 radical (unpaired) electrons. The molecule has 0 aliphatic heterocycles. The Morgan fingerprint density at radius 2 is 1.94 bits per heavy atom. The molecule has 0 atom stereocenters. The van der Waals surface area contributed by atoms with E-state index in [2.05, 4.69) is 26.2 Å². The van der Waals surface area contributed by atoms with Crippen LogP contribution in [-0.2, 0) is 0 Å². The number of halogens is 3. The first-order chi connectivity index (χ1) is 8.61. The maximum Gasteiger partial charge on any atom is 0.142 e. The van der Waals surface area contributed by atoms with E-state index in [1.165, 1.54) is 0 Å². The van der Waals surface area contributed by atoms with Gasteiger partial charge in [0.1, 0.15) is 17.6 Å². The number of aromatic nitrogens is 1. The Hall–Kier alpha value is -1.28. The molecule has 0 saturated heterocycles. The van der Waals surface area contributed by atoms with Gasteiger partial charge in [-0.2, -0.15) is 5.26 Å². The first kappa shape index (κ1) is 13.2. The third kappa shape index (κ3) is 2.75. The number of rotatable bonds is 2. The predicted octanol–water partition coefficient (Wildman–Crippen LogP) is 4.77. The van der Waals surface area contributed by atoms with Gasteiger partial charge in [0, 0.05) is 4.47 Å². The lowest BCUT2D eigenvalue weighted by atomic mass is 10.3. The van der Waals surface area contributed by atoms with Crippen molar-refractivity contribution in [2.75, 3.05) is 5.32 Å². The number of hydrogen-bond acceptors (Lipinski definition) is 3. The van der Waals surface area contributed by atoms with Crippen molar-refractivity contribution in [1.82, 2.24) is 4.98 Å². The Morgan fingerprint density at radius 1 is 1.17 bits per heavy atom. The number of nitriles is 1. The molecule has 90 valence electrons. The molecule has 1 N–H and O–H groups in total. The van der Waals surface area contributed by atoms with Crippen LogP contribution < -0.4 is 5.32 Å². The lowest BCUT2D eigenvalue weighted by molar-refractivity contribution is 1.25. The van der Waals surface area contributed by atoms with Crippen LogP contribution in [0.1, 0.15) is 5.69 Å². The zero-order chi connectivity index (χ0) is 13.1. The zero-order valence-electron chi connectivity index (χ0n) is 8.92. The molecule has 0 aliphatic carbocycles. The van der Waals surface area contributed by atoms with E-state index in [1.807, 2.05) is 6.07 Å². The maximum absolute atomic E-state index is 8.77. The lowest BCUT2D eigenvalue weighted by Crippen LogP contribution is -1.96. The lowest BCUT2D eigenvalue weighted by Gasteiger charge is -2.09. The number of anilines is 2. The van der Waals surface area contributed by atoms with Gasteiger partial charge in [0.15, 0.2) is 0 Å². The highest BCUT2D eigenvalue weighted by atomic mass is 79.9. The minimum atomic E-state index is 0.333. The Labute approximate surface area is 122 Å². The molecule has 0 unspecified atom stereocenters. The Kier molecular flexibility index (Phi) is 4.07. The predicted molar refractivity (Wildman–Crippen MR) is 76.4 cm³/mol.